The summed E-state index contributed by atoms with van der Waals surface area (Å²) >= 11 is 2.07. The molecule has 1 saturated heterocycles. The van der Waals surface area contributed by atoms with Gasteiger partial charge in [-0.25, -0.2) is 0 Å². The van der Waals surface area contributed by atoms with Gasteiger partial charge in [-0.1, -0.05) is 12.1 Å². The molecule has 0 atom stereocenters. The van der Waals surface area contributed by atoms with E-state index in [4.69, 9.17) is 5.73 Å². The van der Waals surface area contributed by atoms with Crippen LogP contribution in [0.2, 0.25) is 0 Å². The lowest BCUT2D eigenvalue weighted by molar-refractivity contribution is 0.812. The van der Waals surface area contributed by atoms with Crippen molar-refractivity contribution in [3.8, 4) is 0 Å². The number of rotatable bonds is 3. The molecule has 0 radical (unpaired) electrons. The predicted molar refractivity (Wildman–Crippen MR) is 78.1 cm³/mol. The van der Waals surface area contributed by atoms with Crippen LogP contribution in [0, 0.1) is 6.92 Å². The van der Waals surface area contributed by atoms with Gasteiger partial charge in [-0.05, 0) is 49.3 Å². The molecule has 3 heteroatoms. The minimum absolute atomic E-state index is 0.735. The zero-order valence-corrected chi connectivity index (χ0v) is 11.4. The lowest BCUT2D eigenvalue weighted by Gasteiger charge is -2.24. The second-order valence-corrected chi connectivity index (χ2v) is 5.84. The van der Waals surface area contributed by atoms with Crippen LogP contribution in [-0.2, 0) is 6.42 Å². The van der Waals surface area contributed by atoms with E-state index in [0.29, 0.717) is 0 Å². The highest BCUT2D eigenvalue weighted by atomic mass is 32.2. The highest BCUT2D eigenvalue weighted by Crippen LogP contribution is 2.24. The van der Waals surface area contributed by atoms with Crippen LogP contribution in [0.1, 0.15) is 17.5 Å². The Morgan fingerprint density at radius 1 is 1.29 bits per heavy atom. The summed E-state index contributed by atoms with van der Waals surface area (Å²) in [6.07, 6.45) is 2.28. The van der Waals surface area contributed by atoms with Gasteiger partial charge in [0.1, 0.15) is 0 Å². The van der Waals surface area contributed by atoms with Crippen molar-refractivity contribution in [2.45, 2.75) is 19.8 Å². The van der Waals surface area contributed by atoms with Gasteiger partial charge in [-0.2, -0.15) is 11.8 Å². The third-order valence-electron chi connectivity index (χ3n) is 3.26. The molecule has 1 heterocycles. The van der Waals surface area contributed by atoms with Gasteiger partial charge in [0.15, 0.2) is 0 Å². The van der Waals surface area contributed by atoms with E-state index < -0.39 is 0 Å². The maximum Gasteiger partial charge on any atom is 0.0396 e. The monoisotopic (exact) mass is 250 g/mol. The van der Waals surface area contributed by atoms with Crippen molar-refractivity contribution in [3.05, 3.63) is 29.3 Å². The van der Waals surface area contributed by atoms with Crippen molar-refractivity contribution in [1.82, 2.24) is 0 Å². The summed E-state index contributed by atoms with van der Waals surface area (Å²) in [5, 5.41) is 0. The molecule has 1 aromatic carbocycles. The molecule has 0 unspecified atom stereocenters. The van der Waals surface area contributed by atoms with E-state index in [1.165, 1.54) is 47.8 Å². The average Bonchev–Trinajstić information content (AvgIpc) is 2.58. The van der Waals surface area contributed by atoms with Crippen LogP contribution in [0.15, 0.2) is 18.2 Å². The summed E-state index contributed by atoms with van der Waals surface area (Å²) in [6.45, 7) is 5.33. The number of anilines is 1. The van der Waals surface area contributed by atoms with Crippen LogP contribution >= 0.6 is 11.8 Å². The molecule has 2 rings (SSSR count). The zero-order valence-electron chi connectivity index (χ0n) is 10.6. The van der Waals surface area contributed by atoms with Crippen molar-refractivity contribution < 1.29 is 0 Å². The highest BCUT2D eigenvalue weighted by Gasteiger charge is 2.12. The molecule has 0 spiro atoms. The standard InChI is InChI=1S/C14H22N2S/c1-12-11-13(5-6-15)3-4-14(12)16-7-2-9-17-10-8-16/h3-4,11H,2,5-10,15H2,1H3. The molecular weight excluding hydrogens is 228 g/mol. The lowest BCUT2D eigenvalue weighted by Crippen LogP contribution is -2.26. The predicted octanol–water partition coefficient (Wildman–Crippen LogP) is 2.44. The normalized spacial score (nSPS) is 16.9. The number of benzene rings is 1. The van der Waals surface area contributed by atoms with E-state index in [1.54, 1.807) is 0 Å². The van der Waals surface area contributed by atoms with Crippen LogP contribution in [0.3, 0.4) is 0 Å². The van der Waals surface area contributed by atoms with Crippen LogP contribution in [0.5, 0.6) is 0 Å². The topological polar surface area (TPSA) is 29.3 Å². The first-order valence-corrected chi connectivity index (χ1v) is 7.59. The molecule has 1 fully saturated rings. The van der Waals surface area contributed by atoms with Crippen LogP contribution in [0.25, 0.3) is 0 Å². The van der Waals surface area contributed by atoms with E-state index in [2.05, 4.69) is 41.8 Å². The Kier molecular flexibility index (Phi) is 4.75. The largest absolute Gasteiger partial charge is 0.370 e. The van der Waals surface area contributed by atoms with Crippen molar-refractivity contribution in [2.24, 2.45) is 5.73 Å². The van der Waals surface area contributed by atoms with Gasteiger partial charge in [-0.3, -0.25) is 0 Å². The maximum absolute atomic E-state index is 5.60. The summed E-state index contributed by atoms with van der Waals surface area (Å²) < 4.78 is 0. The lowest BCUT2D eigenvalue weighted by atomic mass is 10.1. The Hall–Kier alpha value is -0.670. The Balaban J connectivity index is 2.14. The molecule has 2 N–H and O–H groups in total. The minimum atomic E-state index is 0.735. The zero-order chi connectivity index (χ0) is 12.1. The fraction of sp³-hybridized carbons (Fsp3) is 0.571. The number of thioether (sulfide) groups is 1. The molecule has 1 aliphatic rings. The Morgan fingerprint density at radius 3 is 2.94 bits per heavy atom. The Bertz CT molecular complexity index is 357. The van der Waals surface area contributed by atoms with E-state index in [9.17, 15) is 0 Å². The fourth-order valence-corrected chi connectivity index (χ4v) is 3.27. The Morgan fingerprint density at radius 2 is 2.18 bits per heavy atom. The summed E-state index contributed by atoms with van der Waals surface area (Å²) in [4.78, 5) is 2.53. The summed E-state index contributed by atoms with van der Waals surface area (Å²) in [6, 6.07) is 6.80. The number of nitrogens with zero attached hydrogens (tertiary/aromatic N) is 1. The molecule has 1 aromatic rings. The SMILES string of the molecule is Cc1cc(CCN)ccc1N1CCCSCC1. The maximum atomic E-state index is 5.60. The third kappa shape index (κ3) is 3.39. The van der Waals surface area contributed by atoms with Gasteiger partial charge in [-0.15, -0.1) is 0 Å². The quantitative estimate of drug-likeness (QED) is 0.893. The first kappa shape index (κ1) is 12.8. The van der Waals surface area contributed by atoms with Crippen molar-refractivity contribution in [1.29, 1.82) is 0 Å². The van der Waals surface area contributed by atoms with Crippen molar-refractivity contribution in [3.63, 3.8) is 0 Å². The second kappa shape index (κ2) is 6.31. The summed E-state index contributed by atoms with van der Waals surface area (Å²) in [7, 11) is 0. The summed E-state index contributed by atoms with van der Waals surface area (Å²) in [5.74, 6) is 2.56. The molecule has 0 bridgehead atoms. The van der Waals surface area contributed by atoms with Gasteiger partial charge >= 0.3 is 0 Å². The molecule has 0 amide bonds. The first-order chi connectivity index (χ1) is 8.31. The summed E-state index contributed by atoms with van der Waals surface area (Å²) in [5.41, 5.74) is 9.76. The van der Waals surface area contributed by atoms with E-state index in [0.717, 1.165) is 13.0 Å². The van der Waals surface area contributed by atoms with E-state index >= 15 is 0 Å². The number of nitrogens with two attached hydrogens (primary N) is 1. The number of hydrogen-bond donors (Lipinski definition) is 1. The molecule has 1 aliphatic heterocycles. The minimum Gasteiger partial charge on any atom is -0.370 e. The van der Waals surface area contributed by atoms with Crippen LogP contribution in [-0.4, -0.2) is 31.1 Å². The molecular formula is C14H22N2S. The molecule has 94 valence electrons. The fourth-order valence-electron chi connectivity index (χ4n) is 2.38. The van der Waals surface area contributed by atoms with Crippen LogP contribution in [0.4, 0.5) is 5.69 Å². The Labute approximate surface area is 109 Å². The highest BCUT2D eigenvalue weighted by molar-refractivity contribution is 7.99. The molecule has 17 heavy (non-hydrogen) atoms. The first-order valence-electron chi connectivity index (χ1n) is 6.43. The number of aryl methyl sites for hydroxylation is 1. The van der Waals surface area contributed by atoms with Gasteiger partial charge in [0, 0.05) is 24.5 Å². The third-order valence-corrected chi connectivity index (χ3v) is 4.31. The second-order valence-electron chi connectivity index (χ2n) is 4.61. The van der Waals surface area contributed by atoms with Crippen LogP contribution < -0.4 is 10.6 Å². The molecule has 0 aromatic heterocycles. The van der Waals surface area contributed by atoms with Gasteiger partial charge in [0.05, 0.1) is 0 Å². The van der Waals surface area contributed by atoms with E-state index in [1.807, 2.05) is 0 Å². The molecule has 2 nitrogen and oxygen atoms in total. The smallest absolute Gasteiger partial charge is 0.0396 e. The van der Waals surface area contributed by atoms with Gasteiger partial charge in [0.25, 0.3) is 0 Å². The van der Waals surface area contributed by atoms with Crippen molar-refractivity contribution in [2.75, 3.05) is 36.0 Å². The average molecular weight is 250 g/mol. The van der Waals surface area contributed by atoms with Crippen molar-refractivity contribution >= 4 is 17.4 Å². The number of hydrogen-bond acceptors (Lipinski definition) is 3. The van der Waals surface area contributed by atoms with E-state index in [-0.39, 0.29) is 0 Å². The molecule has 0 aliphatic carbocycles. The van der Waals surface area contributed by atoms with Gasteiger partial charge < -0.3 is 10.6 Å². The van der Waals surface area contributed by atoms with Gasteiger partial charge in [0.2, 0.25) is 0 Å². The molecule has 0 saturated carbocycles.